The minimum absolute atomic E-state index is 0.136. The highest BCUT2D eigenvalue weighted by molar-refractivity contribution is 5.95. The normalized spacial score (nSPS) is 29.9. The first-order chi connectivity index (χ1) is 9.68. The molecule has 2 N–H and O–H groups in total. The van der Waals surface area contributed by atoms with E-state index in [1.165, 1.54) is 0 Å². The molecule has 2 atom stereocenters. The van der Waals surface area contributed by atoms with Crippen molar-refractivity contribution >= 4 is 5.91 Å². The number of carbonyl (C=O) groups is 1. The quantitative estimate of drug-likeness (QED) is 0.853. The van der Waals surface area contributed by atoms with Crippen LogP contribution in [0.4, 0.5) is 0 Å². The molecule has 1 aromatic rings. The van der Waals surface area contributed by atoms with Crippen LogP contribution < -0.4 is 10.9 Å². The van der Waals surface area contributed by atoms with Crippen molar-refractivity contribution in [3.63, 3.8) is 0 Å². The lowest BCUT2D eigenvalue weighted by Gasteiger charge is -2.22. The van der Waals surface area contributed by atoms with Gasteiger partial charge in [0, 0.05) is 37.3 Å². The largest absolute Gasteiger partial charge is 0.339 e. The number of amides is 1. The fourth-order valence-corrected chi connectivity index (χ4v) is 3.30. The zero-order chi connectivity index (χ0) is 14.1. The number of carbonyl (C=O) groups excluding carboxylic acids is 1. The van der Waals surface area contributed by atoms with Crippen LogP contribution in [-0.4, -0.2) is 41.0 Å². The number of rotatable bonds is 2. The van der Waals surface area contributed by atoms with Crippen LogP contribution in [0.5, 0.6) is 0 Å². The summed E-state index contributed by atoms with van der Waals surface area (Å²) in [5.74, 6) is 0.356. The van der Waals surface area contributed by atoms with Crippen LogP contribution in [-0.2, 0) is 0 Å². The lowest BCUT2D eigenvalue weighted by Crippen LogP contribution is -2.31. The number of pyridine rings is 1. The second kappa shape index (κ2) is 5.50. The Morgan fingerprint density at radius 2 is 1.90 bits per heavy atom. The van der Waals surface area contributed by atoms with Crippen molar-refractivity contribution in [1.82, 2.24) is 20.7 Å². The van der Waals surface area contributed by atoms with Crippen LogP contribution in [0.25, 0.3) is 0 Å². The van der Waals surface area contributed by atoms with E-state index in [-0.39, 0.29) is 23.9 Å². The van der Waals surface area contributed by atoms with Crippen LogP contribution in [0.1, 0.15) is 48.7 Å². The highest BCUT2D eigenvalue weighted by Gasteiger charge is 2.35. The van der Waals surface area contributed by atoms with Crippen LogP contribution in [0.3, 0.4) is 0 Å². The number of hydrogen-bond acceptors (Lipinski definition) is 4. The van der Waals surface area contributed by atoms with Crippen molar-refractivity contribution < 1.29 is 4.79 Å². The number of likely N-dealkylation sites (tertiary alicyclic amines) is 1. The molecule has 108 valence electrons. The van der Waals surface area contributed by atoms with Gasteiger partial charge in [0.1, 0.15) is 0 Å². The Hall–Kier alpha value is -1.46. The summed E-state index contributed by atoms with van der Waals surface area (Å²) in [5.41, 5.74) is 8.16. The molecule has 0 bridgehead atoms. The minimum atomic E-state index is 0.136. The predicted octanol–water partition coefficient (Wildman–Crippen LogP) is 1.29. The van der Waals surface area contributed by atoms with Crippen molar-refractivity contribution in [3.05, 3.63) is 29.6 Å². The molecule has 20 heavy (non-hydrogen) atoms. The fraction of sp³-hybridized carbons (Fsp3) is 0.600. The van der Waals surface area contributed by atoms with E-state index in [0.717, 1.165) is 37.2 Å². The SMILES string of the molecule is CC1NNC(C)C1c1ncccc1C(=O)N1CCCC1. The monoisotopic (exact) mass is 274 g/mol. The summed E-state index contributed by atoms with van der Waals surface area (Å²) in [4.78, 5) is 19.2. The van der Waals surface area contributed by atoms with Gasteiger partial charge in [-0.3, -0.25) is 20.6 Å². The predicted molar refractivity (Wildman–Crippen MR) is 77.3 cm³/mol. The van der Waals surface area contributed by atoms with Crippen LogP contribution in [0, 0.1) is 0 Å². The molecule has 5 nitrogen and oxygen atoms in total. The number of hydrazine groups is 1. The fourth-order valence-electron chi connectivity index (χ4n) is 3.30. The molecule has 0 saturated carbocycles. The average molecular weight is 274 g/mol. The van der Waals surface area contributed by atoms with E-state index in [1.54, 1.807) is 6.20 Å². The van der Waals surface area contributed by atoms with Crippen LogP contribution in [0.15, 0.2) is 18.3 Å². The van der Waals surface area contributed by atoms with E-state index < -0.39 is 0 Å². The Kier molecular flexibility index (Phi) is 3.72. The summed E-state index contributed by atoms with van der Waals surface area (Å²) in [6.45, 7) is 6.00. The van der Waals surface area contributed by atoms with Gasteiger partial charge in [0.05, 0.1) is 11.3 Å². The molecule has 0 aromatic carbocycles. The van der Waals surface area contributed by atoms with Crippen molar-refractivity contribution in [2.24, 2.45) is 0 Å². The van der Waals surface area contributed by atoms with E-state index >= 15 is 0 Å². The summed E-state index contributed by atoms with van der Waals surface area (Å²) in [6, 6.07) is 4.31. The third-order valence-electron chi connectivity index (χ3n) is 4.39. The zero-order valence-electron chi connectivity index (χ0n) is 12.1. The Labute approximate surface area is 119 Å². The van der Waals surface area contributed by atoms with Gasteiger partial charge in [-0.25, -0.2) is 0 Å². The molecule has 5 heteroatoms. The van der Waals surface area contributed by atoms with E-state index in [1.807, 2.05) is 17.0 Å². The van der Waals surface area contributed by atoms with Gasteiger partial charge in [-0.2, -0.15) is 0 Å². The standard InChI is InChI=1S/C15H22N4O/c1-10-13(11(2)18-17-10)14-12(6-5-7-16-14)15(20)19-8-3-4-9-19/h5-7,10-11,13,17-18H,3-4,8-9H2,1-2H3. The number of nitrogens with zero attached hydrogens (tertiary/aromatic N) is 2. The molecule has 0 radical (unpaired) electrons. The minimum Gasteiger partial charge on any atom is -0.339 e. The molecule has 3 rings (SSSR count). The summed E-state index contributed by atoms with van der Waals surface area (Å²) in [6.07, 6.45) is 4.01. The zero-order valence-corrected chi connectivity index (χ0v) is 12.1. The maximum absolute atomic E-state index is 12.7. The third-order valence-corrected chi connectivity index (χ3v) is 4.39. The second-order valence-electron chi connectivity index (χ2n) is 5.83. The summed E-state index contributed by atoms with van der Waals surface area (Å²) in [5, 5.41) is 0. The van der Waals surface area contributed by atoms with Crippen molar-refractivity contribution in [2.45, 2.75) is 44.7 Å². The topological polar surface area (TPSA) is 57.3 Å². The van der Waals surface area contributed by atoms with Gasteiger partial charge < -0.3 is 4.90 Å². The molecule has 1 aromatic heterocycles. The van der Waals surface area contributed by atoms with E-state index in [4.69, 9.17) is 0 Å². The number of aromatic nitrogens is 1. The first-order valence-electron chi connectivity index (χ1n) is 7.43. The van der Waals surface area contributed by atoms with E-state index in [9.17, 15) is 4.79 Å². The molecule has 2 unspecified atom stereocenters. The highest BCUT2D eigenvalue weighted by Crippen LogP contribution is 2.29. The van der Waals surface area contributed by atoms with Gasteiger partial charge in [0.25, 0.3) is 5.91 Å². The Bertz CT molecular complexity index is 488. The lowest BCUT2D eigenvalue weighted by atomic mass is 9.89. The number of hydrogen-bond donors (Lipinski definition) is 2. The van der Waals surface area contributed by atoms with Gasteiger partial charge in [-0.15, -0.1) is 0 Å². The maximum atomic E-state index is 12.7. The molecule has 3 heterocycles. The van der Waals surface area contributed by atoms with Crippen molar-refractivity contribution in [2.75, 3.05) is 13.1 Å². The highest BCUT2D eigenvalue weighted by atomic mass is 16.2. The Morgan fingerprint density at radius 3 is 2.55 bits per heavy atom. The molecule has 2 aliphatic rings. The maximum Gasteiger partial charge on any atom is 0.255 e. The molecular formula is C15H22N4O. The van der Waals surface area contributed by atoms with Crippen LogP contribution in [0.2, 0.25) is 0 Å². The first-order valence-corrected chi connectivity index (χ1v) is 7.43. The van der Waals surface area contributed by atoms with Gasteiger partial charge in [0.2, 0.25) is 0 Å². The molecule has 2 saturated heterocycles. The molecule has 1 amide bonds. The van der Waals surface area contributed by atoms with E-state index in [2.05, 4.69) is 29.7 Å². The summed E-state index contributed by atoms with van der Waals surface area (Å²) in [7, 11) is 0. The van der Waals surface area contributed by atoms with Gasteiger partial charge in [-0.1, -0.05) is 0 Å². The third kappa shape index (κ3) is 2.31. The Balaban J connectivity index is 1.93. The first kappa shape index (κ1) is 13.5. The number of nitrogens with one attached hydrogen (secondary N) is 2. The lowest BCUT2D eigenvalue weighted by molar-refractivity contribution is 0.0790. The average Bonchev–Trinajstić information content (AvgIpc) is 3.09. The molecule has 0 aliphatic carbocycles. The van der Waals surface area contributed by atoms with Gasteiger partial charge in [0.15, 0.2) is 0 Å². The smallest absolute Gasteiger partial charge is 0.255 e. The Morgan fingerprint density at radius 1 is 1.25 bits per heavy atom. The molecule has 2 aliphatic heterocycles. The van der Waals surface area contributed by atoms with Crippen molar-refractivity contribution in [3.8, 4) is 0 Å². The van der Waals surface area contributed by atoms with Gasteiger partial charge >= 0.3 is 0 Å². The van der Waals surface area contributed by atoms with Crippen LogP contribution >= 0.6 is 0 Å². The molecule has 2 fully saturated rings. The molecular weight excluding hydrogens is 252 g/mol. The molecule has 0 spiro atoms. The second-order valence-corrected chi connectivity index (χ2v) is 5.83. The summed E-state index contributed by atoms with van der Waals surface area (Å²) < 4.78 is 0. The summed E-state index contributed by atoms with van der Waals surface area (Å²) >= 11 is 0. The van der Waals surface area contributed by atoms with E-state index in [0.29, 0.717) is 0 Å². The van der Waals surface area contributed by atoms with Crippen molar-refractivity contribution in [1.29, 1.82) is 0 Å². The van der Waals surface area contributed by atoms with Gasteiger partial charge in [-0.05, 0) is 38.8 Å².